The lowest BCUT2D eigenvalue weighted by Gasteiger charge is -2.12. The van der Waals surface area contributed by atoms with Crippen molar-refractivity contribution in [2.75, 3.05) is 12.5 Å². The fourth-order valence-corrected chi connectivity index (χ4v) is 6.48. The van der Waals surface area contributed by atoms with Gasteiger partial charge < -0.3 is 0 Å². The van der Waals surface area contributed by atoms with Gasteiger partial charge in [0.1, 0.15) is 5.01 Å². The predicted molar refractivity (Wildman–Crippen MR) is 198 cm³/mol. The molecule has 0 N–H and O–H groups in total. The highest BCUT2D eigenvalue weighted by Crippen LogP contribution is 2.39. The molecular weight excluding hydrogens is 569 g/mol. The van der Waals surface area contributed by atoms with Gasteiger partial charge in [0.2, 0.25) is 0 Å². The molecule has 0 spiro atoms. The molecule has 0 unspecified atom stereocenters. The lowest BCUT2D eigenvalue weighted by molar-refractivity contribution is 0.736. The van der Waals surface area contributed by atoms with Crippen LogP contribution in [0.1, 0.15) is 124 Å². The Bertz CT molecular complexity index is 1210. The van der Waals surface area contributed by atoms with E-state index in [2.05, 4.69) is 123 Å². The van der Waals surface area contributed by atoms with Crippen LogP contribution >= 0.6 is 34.9 Å². The van der Waals surface area contributed by atoms with Crippen molar-refractivity contribution in [3.8, 4) is 10.6 Å². The first-order chi connectivity index (χ1) is 20.0. The topological polar surface area (TPSA) is 25.2 Å². The van der Waals surface area contributed by atoms with Crippen molar-refractivity contribution < 1.29 is 0 Å². The molecule has 0 fully saturated rings. The Morgan fingerprint density at radius 2 is 1.45 bits per heavy atom. The zero-order valence-electron chi connectivity index (χ0n) is 29.2. The Morgan fingerprint density at radius 3 is 1.93 bits per heavy atom. The number of nitrogens with zero attached hydrogens (tertiary/aromatic N) is 2. The standard InChI is InChI=1S/C17H25NS.C16H21NS2.2C2H6/c1-7-13(4)17(12(2)3)18-14(5)15-9-8-10-16(11-15)19-6;1-10(2)14-15(11(3)4)19-16(17-14)12-8-6-7-9-13(12)18-5;2*1-2/h8-12H,7H2,1-6H3;6-11H,1-5H3;2*1-2H3/b17-13+,18-14?;;;. The van der Waals surface area contributed by atoms with Crippen LogP contribution < -0.4 is 0 Å². The maximum absolute atomic E-state index is 4.92. The van der Waals surface area contributed by atoms with Crippen molar-refractivity contribution in [2.45, 2.75) is 118 Å². The van der Waals surface area contributed by atoms with E-state index in [0.717, 1.165) is 17.1 Å². The SMILES string of the molecule is CC.CC.CC/C(C)=C(/N=C(C)c1cccc(SC)c1)C(C)C.CSc1ccccc1-c1nc(C(C)C)c(C(C)C)s1. The minimum atomic E-state index is 0.471. The van der Waals surface area contributed by atoms with Crippen molar-refractivity contribution >= 4 is 40.6 Å². The van der Waals surface area contributed by atoms with E-state index in [9.17, 15) is 0 Å². The third kappa shape index (κ3) is 12.4. The summed E-state index contributed by atoms with van der Waals surface area (Å²) in [5, 5.41) is 1.16. The molecule has 1 aromatic heterocycles. The van der Waals surface area contributed by atoms with E-state index in [-0.39, 0.29) is 0 Å². The number of thioether (sulfide) groups is 2. The molecule has 2 aromatic carbocycles. The summed E-state index contributed by atoms with van der Waals surface area (Å²) in [5.41, 5.74) is 7.48. The fourth-order valence-electron chi connectivity index (χ4n) is 4.10. The molecule has 0 bridgehead atoms. The normalized spacial score (nSPS) is 11.7. The Morgan fingerprint density at radius 1 is 0.833 bits per heavy atom. The van der Waals surface area contributed by atoms with Gasteiger partial charge in [0.15, 0.2) is 0 Å². The third-order valence-electron chi connectivity index (χ3n) is 6.38. The Hall–Kier alpha value is -1.82. The molecule has 0 saturated carbocycles. The van der Waals surface area contributed by atoms with Crippen molar-refractivity contribution in [3.63, 3.8) is 0 Å². The van der Waals surface area contributed by atoms with Crippen LogP contribution in [0.3, 0.4) is 0 Å². The molecule has 0 aliphatic rings. The highest BCUT2D eigenvalue weighted by molar-refractivity contribution is 7.99. The molecule has 0 aliphatic carbocycles. The van der Waals surface area contributed by atoms with Crippen LogP contribution in [0.5, 0.6) is 0 Å². The van der Waals surface area contributed by atoms with Crippen LogP contribution in [0.4, 0.5) is 0 Å². The molecule has 5 heteroatoms. The molecule has 0 radical (unpaired) electrons. The first kappa shape index (κ1) is 40.2. The van der Waals surface area contributed by atoms with Crippen LogP contribution in [-0.4, -0.2) is 23.2 Å². The number of benzene rings is 2. The second-order valence-electron chi connectivity index (χ2n) is 10.4. The molecule has 234 valence electrons. The van der Waals surface area contributed by atoms with Gasteiger partial charge in [0.05, 0.1) is 5.69 Å². The zero-order valence-corrected chi connectivity index (χ0v) is 31.6. The van der Waals surface area contributed by atoms with E-state index in [0.29, 0.717) is 17.8 Å². The van der Waals surface area contributed by atoms with Gasteiger partial charge >= 0.3 is 0 Å². The van der Waals surface area contributed by atoms with E-state index in [1.807, 2.05) is 39.0 Å². The van der Waals surface area contributed by atoms with Crippen molar-refractivity contribution in [1.82, 2.24) is 4.98 Å². The zero-order chi connectivity index (χ0) is 32.4. The quantitative estimate of drug-likeness (QED) is 0.174. The third-order valence-corrected chi connectivity index (χ3v) is 9.31. The van der Waals surface area contributed by atoms with Gasteiger partial charge in [-0.2, -0.15) is 0 Å². The van der Waals surface area contributed by atoms with Crippen LogP contribution in [0.25, 0.3) is 10.6 Å². The summed E-state index contributed by atoms with van der Waals surface area (Å²) in [7, 11) is 0. The smallest absolute Gasteiger partial charge is 0.125 e. The Balaban J connectivity index is 0.000000716. The number of rotatable bonds is 9. The molecule has 1 heterocycles. The molecule has 3 aromatic rings. The van der Waals surface area contributed by atoms with Crippen LogP contribution in [0.2, 0.25) is 0 Å². The monoisotopic (exact) mass is 626 g/mol. The molecular formula is C37H58N2S3. The highest BCUT2D eigenvalue weighted by atomic mass is 32.2. The summed E-state index contributed by atoms with van der Waals surface area (Å²) in [6.45, 7) is 27.9. The molecule has 3 rings (SSSR count). The number of aromatic nitrogens is 1. The second-order valence-corrected chi connectivity index (χ2v) is 13.1. The van der Waals surface area contributed by atoms with E-state index in [4.69, 9.17) is 9.98 Å². The van der Waals surface area contributed by atoms with Gasteiger partial charge in [-0.1, -0.05) is 112 Å². The summed E-state index contributed by atoms with van der Waals surface area (Å²) in [5.74, 6) is 1.51. The largest absolute Gasteiger partial charge is 0.257 e. The molecule has 0 saturated heterocycles. The molecule has 0 atom stereocenters. The van der Waals surface area contributed by atoms with Crippen molar-refractivity contribution in [3.05, 3.63) is 75.9 Å². The van der Waals surface area contributed by atoms with Crippen molar-refractivity contribution in [2.24, 2.45) is 10.9 Å². The van der Waals surface area contributed by atoms with Gasteiger partial charge in [-0.05, 0) is 74.3 Å². The van der Waals surface area contributed by atoms with Gasteiger partial charge in [0.25, 0.3) is 0 Å². The lowest BCUT2D eigenvalue weighted by Crippen LogP contribution is -2.01. The average molecular weight is 627 g/mol. The summed E-state index contributed by atoms with van der Waals surface area (Å²) < 4.78 is 0. The van der Waals surface area contributed by atoms with Crippen molar-refractivity contribution in [1.29, 1.82) is 0 Å². The van der Waals surface area contributed by atoms with E-state index >= 15 is 0 Å². The second kappa shape index (κ2) is 21.8. The summed E-state index contributed by atoms with van der Waals surface area (Å²) in [6.07, 6.45) is 5.29. The minimum Gasteiger partial charge on any atom is -0.257 e. The first-order valence-electron chi connectivity index (χ1n) is 15.6. The highest BCUT2D eigenvalue weighted by Gasteiger charge is 2.18. The van der Waals surface area contributed by atoms with Gasteiger partial charge in [0, 0.05) is 31.6 Å². The van der Waals surface area contributed by atoms with Gasteiger partial charge in [-0.15, -0.1) is 34.9 Å². The maximum atomic E-state index is 4.92. The fraction of sp³-hybridized carbons (Fsp3) is 0.514. The Kier molecular flexibility index (Phi) is 20.9. The van der Waals surface area contributed by atoms with Gasteiger partial charge in [-0.3, -0.25) is 4.99 Å². The summed E-state index contributed by atoms with van der Waals surface area (Å²) >= 11 is 5.41. The number of hydrogen-bond donors (Lipinski definition) is 0. The predicted octanol–water partition coefficient (Wildman–Crippen LogP) is 13.4. The summed E-state index contributed by atoms with van der Waals surface area (Å²) in [4.78, 5) is 13.8. The minimum absolute atomic E-state index is 0.471. The molecule has 2 nitrogen and oxygen atoms in total. The van der Waals surface area contributed by atoms with Gasteiger partial charge in [-0.25, -0.2) is 4.98 Å². The van der Waals surface area contributed by atoms with E-state index in [1.54, 1.807) is 23.5 Å². The first-order valence-corrected chi connectivity index (χ1v) is 18.8. The van der Waals surface area contributed by atoms with Crippen LogP contribution in [0.15, 0.2) is 74.6 Å². The van der Waals surface area contributed by atoms with E-state index in [1.165, 1.54) is 42.8 Å². The van der Waals surface area contributed by atoms with E-state index < -0.39 is 0 Å². The molecule has 0 amide bonds. The number of allylic oxidation sites excluding steroid dienone is 2. The lowest BCUT2D eigenvalue weighted by atomic mass is 10.0. The number of thiazole rings is 1. The number of hydrogen-bond acceptors (Lipinski definition) is 5. The average Bonchev–Trinajstić information content (AvgIpc) is 3.48. The molecule has 0 aliphatic heterocycles. The van der Waals surface area contributed by atoms with Crippen LogP contribution in [0, 0.1) is 5.92 Å². The van der Waals surface area contributed by atoms with Crippen LogP contribution in [-0.2, 0) is 0 Å². The number of aliphatic imine (C=N–C) groups is 1. The Labute approximate surface area is 272 Å². The maximum Gasteiger partial charge on any atom is 0.125 e. The summed E-state index contributed by atoms with van der Waals surface area (Å²) in [6, 6.07) is 17.1. The molecule has 42 heavy (non-hydrogen) atoms.